The van der Waals surface area contributed by atoms with Crippen LogP contribution in [0.1, 0.15) is 30.9 Å². The summed E-state index contributed by atoms with van der Waals surface area (Å²) in [5.74, 6) is 1.74. The van der Waals surface area contributed by atoms with Gasteiger partial charge in [-0.2, -0.15) is 0 Å². The van der Waals surface area contributed by atoms with Crippen molar-refractivity contribution in [1.29, 1.82) is 0 Å². The first kappa shape index (κ1) is 15.3. The van der Waals surface area contributed by atoms with Gasteiger partial charge in [0.15, 0.2) is 0 Å². The van der Waals surface area contributed by atoms with Gasteiger partial charge in [-0.05, 0) is 49.8 Å². The molecule has 0 aliphatic carbocycles. The van der Waals surface area contributed by atoms with Crippen LogP contribution in [0.5, 0.6) is 5.75 Å². The number of piperidine rings is 1. The minimum Gasteiger partial charge on any atom is -0.490 e. The summed E-state index contributed by atoms with van der Waals surface area (Å²) in [6.07, 6.45) is 2.18. The lowest BCUT2D eigenvalue weighted by Gasteiger charge is -2.28. The lowest BCUT2D eigenvalue weighted by atomic mass is 9.99. The highest BCUT2D eigenvalue weighted by atomic mass is 16.5. The molecule has 3 nitrogen and oxygen atoms in total. The Bertz CT molecular complexity index is 425. The predicted molar refractivity (Wildman–Crippen MR) is 81.4 cm³/mol. The van der Waals surface area contributed by atoms with Gasteiger partial charge in [0, 0.05) is 0 Å². The minimum atomic E-state index is -0.377. The van der Waals surface area contributed by atoms with Gasteiger partial charge in [-0.3, -0.25) is 0 Å². The lowest BCUT2D eigenvalue weighted by Crippen LogP contribution is -3.14. The van der Waals surface area contributed by atoms with Crippen LogP contribution in [0.4, 0.5) is 0 Å². The van der Waals surface area contributed by atoms with E-state index in [4.69, 9.17) is 4.74 Å². The molecule has 0 amide bonds. The van der Waals surface area contributed by atoms with Crippen LogP contribution in [0.25, 0.3) is 0 Å². The van der Waals surface area contributed by atoms with Gasteiger partial charge in [-0.15, -0.1) is 0 Å². The molecular weight excluding hydrogens is 250 g/mol. The maximum Gasteiger partial charge on any atom is 0.137 e. The van der Waals surface area contributed by atoms with Gasteiger partial charge >= 0.3 is 0 Å². The Morgan fingerprint density at radius 3 is 2.70 bits per heavy atom. The number of benzene rings is 1. The lowest BCUT2D eigenvalue weighted by molar-refractivity contribution is -0.909. The fourth-order valence-corrected chi connectivity index (χ4v) is 2.82. The van der Waals surface area contributed by atoms with E-state index in [0.717, 1.165) is 23.8 Å². The molecule has 112 valence electrons. The first-order valence-corrected chi connectivity index (χ1v) is 7.76. The first-order valence-electron chi connectivity index (χ1n) is 7.76. The van der Waals surface area contributed by atoms with Crippen molar-refractivity contribution in [3.63, 3.8) is 0 Å². The zero-order valence-electron chi connectivity index (χ0n) is 13.0. The first-order chi connectivity index (χ1) is 9.54. The molecule has 1 heterocycles. The maximum absolute atomic E-state index is 10.1. The summed E-state index contributed by atoms with van der Waals surface area (Å²) in [6, 6.07) is 6.18. The average molecular weight is 278 g/mol. The van der Waals surface area contributed by atoms with Crippen LogP contribution in [-0.4, -0.2) is 37.5 Å². The molecule has 0 saturated carbocycles. The normalized spacial score (nSPS) is 24.4. The Kier molecular flexibility index (Phi) is 5.44. The highest BCUT2D eigenvalue weighted by molar-refractivity contribution is 5.35. The molecule has 1 unspecified atom stereocenters. The Morgan fingerprint density at radius 2 is 2.00 bits per heavy atom. The molecule has 0 radical (unpaired) electrons. The van der Waals surface area contributed by atoms with Crippen molar-refractivity contribution in [3.8, 4) is 5.75 Å². The van der Waals surface area contributed by atoms with Crippen molar-refractivity contribution in [3.05, 3.63) is 29.3 Å². The van der Waals surface area contributed by atoms with Crippen LogP contribution < -0.4 is 9.64 Å². The highest BCUT2D eigenvalue weighted by Gasteiger charge is 2.21. The fraction of sp³-hybridized carbons (Fsp3) is 0.647. The summed E-state index contributed by atoms with van der Waals surface area (Å²) in [5, 5.41) is 10.1. The summed E-state index contributed by atoms with van der Waals surface area (Å²) in [7, 11) is 0. The summed E-state index contributed by atoms with van der Waals surface area (Å²) in [5.41, 5.74) is 2.32. The summed E-state index contributed by atoms with van der Waals surface area (Å²) >= 11 is 0. The van der Waals surface area contributed by atoms with E-state index in [1.807, 2.05) is 13.0 Å². The third-order valence-electron chi connectivity index (χ3n) is 4.28. The number of hydrogen-bond donors (Lipinski definition) is 2. The van der Waals surface area contributed by atoms with Crippen molar-refractivity contribution in [2.45, 2.75) is 39.7 Å². The number of quaternary nitrogens is 1. The smallest absolute Gasteiger partial charge is 0.137 e. The minimum absolute atomic E-state index is 0.377. The number of nitrogens with one attached hydrogen (secondary N) is 1. The van der Waals surface area contributed by atoms with Crippen molar-refractivity contribution < 1.29 is 14.7 Å². The molecule has 0 spiro atoms. The average Bonchev–Trinajstić information content (AvgIpc) is 2.42. The molecule has 1 aromatic rings. The van der Waals surface area contributed by atoms with E-state index >= 15 is 0 Å². The van der Waals surface area contributed by atoms with Gasteiger partial charge in [0.25, 0.3) is 0 Å². The highest BCUT2D eigenvalue weighted by Crippen LogP contribution is 2.19. The Morgan fingerprint density at radius 1 is 1.30 bits per heavy atom. The molecule has 1 aliphatic rings. The van der Waals surface area contributed by atoms with E-state index in [-0.39, 0.29) is 6.10 Å². The topological polar surface area (TPSA) is 33.9 Å². The molecule has 1 aliphatic heterocycles. The number of likely N-dealkylation sites (tertiary alicyclic amines) is 1. The number of hydrogen-bond acceptors (Lipinski definition) is 2. The molecule has 0 aromatic heterocycles. The maximum atomic E-state index is 10.1. The van der Waals surface area contributed by atoms with Gasteiger partial charge in [-0.1, -0.05) is 19.1 Å². The monoisotopic (exact) mass is 278 g/mol. The predicted octanol–water partition coefficient (Wildman–Crippen LogP) is 1.36. The third-order valence-corrected chi connectivity index (χ3v) is 4.28. The summed E-state index contributed by atoms with van der Waals surface area (Å²) < 4.78 is 5.78. The van der Waals surface area contributed by atoms with E-state index in [9.17, 15) is 5.11 Å². The Hall–Kier alpha value is -1.06. The fourth-order valence-electron chi connectivity index (χ4n) is 2.82. The van der Waals surface area contributed by atoms with Crippen LogP contribution in [0.3, 0.4) is 0 Å². The van der Waals surface area contributed by atoms with E-state index in [1.165, 1.54) is 36.4 Å². The van der Waals surface area contributed by atoms with Crippen molar-refractivity contribution in [2.24, 2.45) is 5.92 Å². The molecule has 2 rings (SSSR count). The van der Waals surface area contributed by atoms with Crippen LogP contribution in [0, 0.1) is 19.8 Å². The van der Waals surface area contributed by atoms with E-state index in [2.05, 4.69) is 26.0 Å². The van der Waals surface area contributed by atoms with Crippen LogP contribution in [0.2, 0.25) is 0 Å². The van der Waals surface area contributed by atoms with Gasteiger partial charge < -0.3 is 14.7 Å². The van der Waals surface area contributed by atoms with Gasteiger partial charge in [0.05, 0.1) is 13.1 Å². The molecule has 0 bridgehead atoms. The number of ether oxygens (including phenoxy) is 1. The molecule has 2 N–H and O–H groups in total. The number of rotatable bonds is 5. The standard InChI is InChI=1S/C17H27NO2/c1-13-6-8-18(9-7-13)11-16(19)12-20-17-10-14(2)4-5-15(17)3/h4-5,10,13,16,19H,6-9,11-12H2,1-3H3/p+1. The largest absolute Gasteiger partial charge is 0.490 e. The Balaban J connectivity index is 1.77. The molecular formula is C17H28NO2+. The van der Waals surface area contributed by atoms with Crippen molar-refractivity contribution >= 4 is 0 Å². The SMILES string of the molecule is Cc1ccc(C)c(OCC(O)C[NH+]2CCC(C)CC2)c1. The summed E-state index contributed by atoms with van der Waals surface area (Å²) in [4.78, 5) is 1.51. The quantitative estimate of drug-likeness (QED) is 0.853. The van der Waals surface area contributed by atoms with Crippen molar-refractivity contribution in [1.82, 2.24) is 0 Å². The van der Waals surface area contributed by atoms with Gasteiger partial charge in [0.2, 0.25) is 0 Å². The summed E-state index contributed by atoms with van der Waals surface area (Å²) in [6.45, 7) is 9.97. The van der Waals surface area contributed by atoms with Crippen LogP contribution >= 0.6 is 0 Å². The molecule has 1 saturated heterocycles. The van der Waals surface area contributed by atoms with E-state index in [1.54, 1.807) is 0 Å². The molecule has 20 heavy (non-hydrogen) atoms. The van der Waals surface area contributed by atoms with Crippen molar-refractivity contribution in [2.75, 3.05) is 26.2 Å². The second-order valence-electron chi connectivity index (χ2n) is 6.37. The van der Waals surface area contributed by atoms with Crippen LogP contribution in [0.15, 0.2) is 18.2 Å². The van der Waals surface area contributed by atoms with Gasteiger partial charge in [-0.25, -0.2) is 0 Å². The number of aryl methyl sites for hydroxylation is 2. The Labute approximate surface area is 122 Å². The number of aliphatic hydroxyl groups is 1. The van der Waals surface area contributed by atoms with Crippen LogP contribution in [-0.2, 0) is 0 Å². The van der Waals surface area contributed by atoms with E-state index in [0.29, 0.717) is 6.61 Å². The number of aliphatic hydroxyl groups excluding tert-OH is 1. The second-order valence-corrected chi connectivity index (χ2v) is 6.37. The van der Waals surface area contributed by atoms with Gasteiger partial charge in [0.1, 0.15) is 25.0 Å². The molecule has 3 heteroatoms. The molecule has 1 atom stereocenters. The van der Waals surface area contributed by atoms with E-state index < -0.39 is 0 Å². The third kappa shape index (κ3) is 4.50. The zero-order valence-corrected chi connectivity index (χ0v) is 13.0. The molecule has 1 fully saturated rings. The zero-order chi connectivity index (χ0) is 14.5. The second kappa shape index (κ2) is 7.09. The molecule has 1 aromatic carbocycles.